The molecule has 1 atom stereocenters. The van der Waals surface area contributed by atoms with E-state index in [4.69, 9.17) is 22.9 Å². The van der Waals surface area contributed by atoms with Crippen LogP contribution < -0.4 is 20.3 Å². The highest BCUT2D eigenvalue weighted by atomic mass is 35.5. The first-order valence-corrected chi connectivity index (χ1v) is 11.4. The predicted octanol–water partition coefficient (Wildman–Crippen LogP) is 3.60. The Balaban J connectivity index is 1.25. The quantitative estimate of drug-likeness (QED) is 0.671. The van der Waals surface area contributed by atoms with Crippen LogP contribution in [-0.2, 0) is 0 Å². The number of halogens is 1. The average molecular weight is 455 g/mol. The lowest BCUT2D eigenvalue weighted by molar-refractivity contribution is 0.0888. The summed E-state index contributed by atoms with van der Waals surface area (Å²) in [5.41, 5.74) is 0.758. The zero-order chi connectivity index (χ0) is 22.5. The van der Waals surface area contributed by atoms with Crippen molar-refractivity contribution in [3.05, 3.63) is 52.5 Å². The summed E-state index contributed by atoms with van der Waals surface area (Å²) in [5, 5.41) is 15.3. The summed E-state index contributed by atoms with van der Waals surface area (Å²) in [7, 11) is 0. The van der Waals surface area contributed by atoms with Crippen LogP contribution in [0, 0.1) is 6.57 Å². The van der Waals surface area contributed by atoms with Gasteiger partial charge in [-0.05, 0) is 56.9 Å². The van der Waals surface area contributed by atoms with E-state index in [0.717, 1.165) is 51.1 Å². The van der Waals surface area contributed by atoms with Gasteiger partial charge in [-0.15, -0.1) is 10.2 Å². The molecule has 0 unspecified atom stereocenters. The number of nitrogens with zero attached hydrogens (tertiary/aromatic N) is 4. The Bertz CT molecular complexity index is 985. The third-order valence-corrected chi connectivity index (χ3v) is 6.23. The smallest absolute Gasteiger partial charge is 0.272 e. The first kappa shape index (κ1) is 22.3. The minimum absolute atomic E-state index is 0.0681. The molecule has 0 bridgehead atoms. The van der Waals surface area contributed by atoms with Crippen molar-refractivity contribution in [2.75, 3.05) is 24.5 Å². The molecular formula is C23H27ClN6O2. The van der Waals surface area contributed by atoms with Gasteiger partial charge in [0, 0.05) is 31.7 Å². The minimum Gasteiger partial charge on any atom is -0.490 e. The zero-order valence-corrected chi connectivity index (χ0v) is 18.8. The summed E-state index contributed by atoms with van der Waals surface area (Å²) in [6, 6.07) is 9.24. The Morgan fingerprint density at radius 3 is 2.72 bits per heavy atom. The number of benzene rings is 1. The fourth-order valence-electron chi connectivity index (χ4n) is 4.18. The van der Waals surface area contributed by atoms with Crippen molar-refractivity contribution in [2.24, 2.45) is 0 Å². The second-order valence-corrected chi connectivity index (χ2v) is 8.78. The highest BCUT2D eigenvalue weighted by molar-refractivity contribution is 6.33. The molecule has 168 valence electrons. The van der Waals surface area contributed by atoms with Gasteiger partial charge in [0.05, 0.1) is 17.7 Å². The fourth-order valence-corrected chi connectivity index (χ4v) is 4.40. The molecule has 1 aliphatic heterocycles. The van der Waals surface area contributed by atoms with Crippen molar-refractivity contribution in [1.82, 2.24) is 20.8 Å². The van der Waals surface area contributed by atoms with Crippen LogP contribution in [0.2, 0.25) is 5.02 Å². The maximum absolute atomic E-state index is 12.6. The van der Waals surface area contributed by atoms with Gasteiger partial charge in [0.2, 0.25) is 5.69 Å². The third kappa shape index (κ3) is 5.47. The molecule has 2 heterocycles. The molecule has 2 aromatic rings. The van der Waals surface area contributed by atoms with E-state index in [0.29, 0.717) is 28.2 Å². The predicted molar refractivity (Wildman–Crippen MR) is 124 cm³/mol. The van der Waals surface area contributed by atoms with E-state index in [1.807, 2.05) is 6.07 Å². The Labute approximate surface area is 193 Å². The monoisotopic (exact) mass is 454 g/mol. The van der Waals surface area contributed by atoms with Crippen molar-refractivity contribution in [3.63, 3.8) is 0 Å². The Kier molecular flexibility index (Phi) is 7.08. The molecule has 1 aromatic heterocycles. The first-order chi connectivity index (χ1) is 15.5. The zero-order valence-electron chi connectivity index (χ0n) is 18.1. The van der Waals surface area contributed by atoms with Gasteiger partial charge in [-0.2, -0.15) is 0 Å². The lowest BCUT2D eigenvalue weighted by atomic mass is 9.93. The summed E-state index contributed by atoms with van der Waals surface area (Å²) in [6.45, 7) is 11.9. The van der Waals surface area contributed by atoms with Crippen LogP contribution in [0.15, 0.2) is 30.3 Å². The molecule has 9 heteroatoms. The van der Waals surface area contributed by atoms with Crippen LogP contribution in [0.1, 0.15) is 43.1 Å². The van der Waals surface area contributed by atoms with E-state index in [1.54, 1.807) is 24.3 Å². The molecule has 1 aliphatic carbocycles. The SMILES string of the molecule is [C-]#[N+]c1ccc(OC2CCC(NC(=O)c3ccc(N4CCN[C@H](C)C4)nn3)CC2)cc1Cl. The van der Waals surface area contributed by atoms with Gasteiger partial charge < -0.3 is 20.3 Å². The van der Waals surface area contributed by atoms with Crippen molar-refractivity contribution >= 4 is 29.0 Å². The van der Waals surface area contributed by atoms with E-state index in [1.165, 1.54) is 0 Å². The molecule has 0 spiro atoms. The molecule has 1 saturated heterocycles. The van der Waals surface area contributed by atoms with Gasteiger partial charge in [-0.25, -0.2) is 4.85 Å². The van der Waals surface area contributed by atoms with Crippen LogP contribution in [0.25, 0.3) is 4.85 Å². The topological polar surface area (TPSA) is 83.7 Å². The number of carbonyl (C=O) groups excluding carboxylic acids is 1. The molecule has 1 aromatic carbocycles. The average Bonchev–Trinajstić information content (AvgIpc) is 2.80. The summed E-state index contributed by atoms with van der Waals surface area (Å²) in [6.07, 6.45) is 3.39. The van der Waals surface area contributed by atoms with E-state index < -0.39 is 0 Å². The van der Waals surface area contributed by atoms with Crippen molar-refractivity contribution in [2.45, 2.75) is 50.8 Å². The van der Waals surface area contributed by atoms with Crippen LogP contribution >= 0.6 is 11.6 Å². The third-order valence-electron chi connectivity index (χ3n) is 5.93. The summed E-state index contributed by atoms with van der Waals surface area (Å²) >= 11 is 6.09. The van der Waals surface area contributed by atoms with Crippen LogP contribution in [0.3, 0.4) is 0 Å². The Morgan fingerprint density at radius 1 is 1.25 bits per heavy atom. The Morgan fingerprint density at radius 2 is 2.06 bits per heavy atom. The normalized spacial score (nSPS) is 23.3. The van der Waals surface area contributed by atoms with Crippen LogP contribution in [0.4, 0.5) is 11.5 Å². The maximum Gasteiger partial charge on any atom is 0.272 e. The molecule has 32 heavy (non-hydrogen) atoms. The van der Waals surface area contributed by atoms with Gasteiger partial charge >= 0.3 is 0 Å². The summed E-state index contributed by atoms with van der Waals surface area (Å²) in [5.74, 6) is 1.28. The molecular weight excluding hydrogens is 428 g/mol. The van der Waals surface area contributed by atoms with E-state index >= 15 is 0 Å². The number of ether oxygens (including phenoxy) is 1. The van der Waals surface area contributed by atoms with Crippen LogP contribution in [-0.4, -0.2) is 53.9 Å². The maximum atomic E-state index is 12.6. The lowest BCUT2D eigenvalue weighted by Crippen LogP contribution is -2.49. The number of hydrogen-bond acceptors (Lipinski definition) is 6. The number of anilines is 1. The van der Waals surface area contributed by atoms with Crippen molar-refractivity contribution in [1.29, 1.82) is 0 Å². The highest BCUT2D eigenvalue weighted by Crippen LogP contribution is 2.31. The molecule has 0 radical (unpaired) electrons. The fraction of sp³-hybridized carbons (Fsp3) is 0.478. The van der Waals surface area contributed by atoms with E-state index in [2.05, 4.69) is 37.5 Å². The number of hydrogen-bond donors (Lipinski definition) is 2. The molecule has 1 saturated carbocycles. The number of nitrogens with one attached hydrogen (secondary N) is 2. The minimum atomic E-state index is -0.191. The summed E-state index contributed by atoms with van der Waals surface area (Å²) < 4.78 is 6.02. The molecule has 2 N–H and O–H groups in total. The van der Waals surface area contributed by atoms with Gasteiger partial charge in [0.1, 0.15) is 5.75 Å². The number of carbonyl (C=O) groups is 1. The van der Waals surface area contributed by atoms with Gasteiger partial charge in [0.15, 0.2) is 11.5 Å². The number of aromatic nitrogens is 2. The first-order valence-electron chi connectivity index (χ1n) is 11.0. The highest BCUT2D eigenvalue weighted by Gasteiger charge is 2.25. The molecule has 4 rings (SSSR count). The second kappa shape index (κ2) is 10.2. The van der Waals surface area contributed by atoms with E-state index in [9.17, 15) is 4.79 Å². The lowest BCUT2D eigenvalue weighted by Gasteiger charge is -2.32. The molecule has 2 aliphatic rings. The molecule has 1 amide bonds. The number of amides is 1. The standard InChI is InChI=1S/C23H27ClN6O2/c1-15-14-30(12-11-26-15)22-10-9-21(28-29-22)23(31)27-16-3-5-17(6-4-16)32-18-7-8-20(25-2)19(24)13-18/h7-10,13,15-17,26H,3-6,11-12,14H2,1H3,(H,27,31)/t15-,16?,17?/m1/s1. The number of piperazine rings is 1. The van der Waals surface area contributed by atoms with Crippen molar-refractivity contribution in [3.8, 4) is 5.75 Å². The Hall–Kier alpha value is -2.89. The van der Waals surface area contributed by atoms with Crippen LogP contribution in [0.5, 0.6) is 5.75 Å². The van der Waals surface area contributed by atoms with Gasteiger partial charge in [-0.3, -0.25) is 4.79 Å². The van der Waals surface area contributed by atoms with Crippen molar-refractivity contribution < 1.29 is 9.53 Å². The van der Waals surface area contributed by atoms with E-state index in [-0.39, 0.29) is 18.1 Å². The number of rotatable bonds is 5. The molecule has 8 nitrogen and oxygen atoms in total. The molecule has 2 fully saturated rings. The summed E-state index contributed by atoms with van der Waals surface area (Å²) in [4.78, 5) is 18.2. The largest absolute Gasteiger partial charge is 0.490 e. The van der Waals surface area contributed by atoms with Gasteiger partial charge in [0.25, 0.3) is 5.91 Å². The van der Waals surface area contributed by atoms with Gasteiger partial charge in [-0.1, -0.05) is 17.7 Å². The second-order valence-electron chi connectivity index (χ2n) is 8.37.